The minimum atomic E-state index is -0.846. The standard InChI is InChI=1S/C24H29NO4/c26-23(25-17-22(24(27)28)20-11-13-29-14-12-20)16-21(19-9-5-2-6-10-19)15-18-7-3-1-4-8-18/h1-10,20-22H,11-17H2,(H,25,26)(H,27,28). The summed E-state index contributed by atoms with van der Waals surface area (Å²) in [5.74, 6) is -1.41. The van der Waals surface area contributed by atoms with Crippen LogP contribution in [0.25, 0.3) is 0 Å². The molecule has 29 heavy (non-hydrogen) atoms. The van der Waals surface area contributed by atoms with Crippen LogP contribution in [0.15, 0.2) is 60.7 Å². The van der Waals surface area contributed by atoms with Crippen LogP contribution in [-0.2, 0) is 20.7 Å². The van der Waals surface area contributed by atoms with Crippen LogP contribution >= 0.6 is 0 Å². The Kier molecular flexibility index (Phi) is 7.82. The fourth-order valence-electron chi connectivity index (χ4n) is 4.03. The molecule has 0 aliphatic carbocycles. The maximum absolute atomic E-state index is 12.7. The lowest BCUT2D eigenvalue weighted by atomic mass is 9.85. The molecule has 1 saturated heterocycles. The summed E-state index contributed by atoms with van der Waals surface area (Å²) >= 11 is 0. The van der Waals surface area contributed by atoms with E-state index < -0.39 is 11.9 Å². The monoisotopic (exact) mass is 395 g/mol. The van der Waals surface area contributed by atoms with Crippen molar-refractivity contribution in [3.05, 3.63) is 71.8 Å². The van der Waals surface area contributed by atoms with Gasteiger partial charge in [-0.3, -0.25) is 9.59 Å². The zero-order valence-corrected chi connectivity index (χ0v) is 16.6. The first-order valence-electron chi connectivity index (χ1n) is 10.3. The van der Waals surface area contributed by atoms with Gasteiger partial charge in [0.05, 0.1) is 5.92 Å². The quantitative estimate of drug-likeness (QED) is 0.680. The molecule has 1 aliphatic heterocycles. The van der Waals surface area contributed by atoms with Crippen LogP contribution in [-0.4, -0.2) is 36.7 Å². The Morgan fingerprint density at radius 1 is 1.00 bits per heavy atom. The second-order valence-corrected chi connectivity index (χ2v) is 7.70. The van der Waals surface area contributed by atoms with Gasteiger partial charge in [-0.1, -0.05) is 60.7 Å². The summed E-state index contributed by atoms with van der Waals surface area (Å²) in [7, 11) is 0. The van der Waals surface area contributed by atoms with E-state index in [1.165, 1.54) is 5.56 Å². The van der Waals surface area contributed by atoms with E-state index in [-0.39, 0.29) is 24.3 Å². The van der Waals surface area contributed by atoms with Gasteiger partial charge in [0.2, 0.25) is 5.91 Å². The molecule has 3 rings (SSSR count). The van der Waals surface area contributed by atoms with Crippen molar-refractivity contribution in [2.24, 2.45) is 11.8 Å². The normalized spacial score (nSPS) is 16.7. The lowest BCUT2D eigenvalue weighted by molar-refractivity contribution is -0.145. The number of carbonyl (C=O) groups excluding carboxylic acids is 1. The predicted molar refractivity (Wildman–Crippen MR) is 112 cm³/mol. The van der Waals surface area contributed by atoms with Crippen LogP contribution in [0.4, 0.5) is 0 Å². The van der Waals surface area contributed by atoms with Gasteiger partial charge in [-0.25, -0.2) is 0 Å². The third kappa shape index (κ3) is 6.43. The molecule has 0 saturated carbocycles. The minimum absolute atomic E-state index is 0.0463. The van der Waals surface area contributed by atoms with Crippen molar-refractivity contribution in [3.8, 4) is 0 Å². The van der Waals surface area contributed by atoms with Gasteiger partial charge in [0.15, 0.2) is 0 Å². The number of aliphatic carboxylic acids is 1. The maximum Gasteiger partial charge on any atom is 0.308 e. The molecule has 0 aromatic heterocycles. The first kappa shape index (κ1) is 21.1. The van der Waals surface area contributed by atoms with Crippen LogP contribution in [0.1, 0.15) is 36.3 Å². The van der Waals surface area contributed by atoms with Gasteiger partial charge in [-0.05, 0) is 42.2 Å². The minimum Gasteiger partial charge on any atom is -0.481 e. The topological polar surface area (TPSA) is 75.6 Å². The molecule has 1 heterocycles. The van der Waals surface area contributed by atoms with Crippen LogP contribution in [0.5, 0.6) is 0 Å². The largest absolute Gasteiger partial charge is 0.481 e. The van der Waals surface area contributed by atoms with E-state index in [4.69, 9.17) is 4.74 Å². The number of carboxylic acid groups (broad SMARTS) is 1. The number of rotatable bonds is 9. The number of carboxylic acids is 1. The number of amides is 1. The average molecular weight is 395 g/mol. The summed E-state index contributed by atoms with van der Waals surface area (Å²) in [6, 6.07) is 20.1. The molecule has 5 heteroatoms. The van der Waals surface area contributed by atoms with E-state index in [2.05, 4.69) is 17.4 Å². The van der Waals surface area contributed by atoms with E-state index in [0.717, 1.165) is 24.8 Å². The fourth-order valence-corrected chi connectivity index (χ4v) is 4.03. The van der Waals surface area contributed by atoms with Crippen LogP contribution < -0.4 is 5.32 Å². The summed E-state index contributed by atoms with van der Waals surface area (Å²) in [5, 5.41) is 12.5. The molecular formula is C24H29NO4. The number of nitrogens with one attached hydrogen (secondary N) is 1. The van der Waals surface area contributed by atoms with Gasteiger partial charge in [0, 0.05) is 26.2 Å². The Morgan fingerprint density at radius 2 is 1.62 bits per heavy atom. The van der Waals surface area contributed by atoms with Gasteiger partial charge in [0.25, 0.3) is 0 Å². The molecule has 0 radical (unpaired) electrons. The Bertz CT molecular complexity index is 772. The van der Waals surface area contributed by atoms with Crippen molar-refractivity contribution < 1.29 is 19.4 Å². The maximum atomic E-state index is 12.7. The highest BCUT2D eigenvalue weighted by molar-refractivity contribution is 5.78. The van der Waals surface area contributed by atoms with Crippen molar-refractivity contribution in [2.75, 3.05) is 19.8 Å². The summed E-state index contributed by atoms with van der Waals surface area (Å²) in [6.07, 6.45) is 2.56. The van der Waals surface area contributed by atoms with Gasteiger partial charge in [-0.15, -0.1) is 0 Å². The van der Waals surface area contributed by atoms with Crippen LogP contribution in [0.3, 0.4) is 0 Å². The van der Waals surface area contributed by atoms with Crippen LogP contribution in [0, 0.1) is 11.8 Å². The van der Waals surface area contributed by atoms with Gasteiger partial charge < -0.3 is 15.2 Å². The highest BCUT2D eigenvalue weighted by Gasteiger charge is 2.30. The zero-order valence-electron chi connectivity index (χ0n) is 16.6. The summed E-state index contributed by atoms with van der Waals surface area (Å²) in [5.41, 5.74) is 2.30. The fraction of sp³-hybridized carbons (Fsp3) is 0.417. The number of hydrogen-bond acceptors (Lipinski definition) is 3. The SMILES string of the molecule is O=C(CC(Cc1ccccc1)c1ccccc1)NCC(C(=O)O)C1CCOCC1. The number of ether oxygens (including phenoxy) is 1. The molecule has 154 valence electrons. The molecule has 1 aliphatic rings. The van der Waals surface area contributed by atoms with Crippen molar-refractivity contribution in [1.29, 1.82) is 0 Å². The molecule has 2 aromatic rings. The Morgan fingerprint density at radius 3 is 2.24 bits per heavy atom. The molecular weight excluding hydrogens is 366 g/mol. The van der Waals surface area contributed by atoms with Crippen molar-refractivity contribution in [2.45, 2.75) is 31.6 Å². The van der Waals surface area contributed by atoms with E-state index in [9.17, 15) is 14.7 Å². The molecule has 1 amide bonds. The summed E-state index contributed by atoms with van der Waals surface area (Å²) in [6.45, 7) is 1.36. The summed E-state index contributed by atoms with van der Waals surface area (Å²) in [4.78, 5) is 24.4. The smallest absolute Gasteiger partial charge is 0.308 e. The summed E-state index contributed by atoms with van der Waals surface area (Å²) < 4.78 is 5.33. The Balaban J connectivity index is 1.62. The average Bonchev–Trinajstić information content (AvgIpc) is 2.75. The second-order valence-electron chi connectivity index (χ2n) is 7.70. The lowest BCUT2D eigenvalue weighted by Gasteiger charge is -2.28. The van der Waals surface area contributed by atoms with Crippen molar-refractivity contribution in [3.63, 3.8) is 0 Å². The zero-order chi connectivity index (χ0) is 20.5. The van der Waals surface area contributed by atoms with Crippen molar-refractivity contribution >= 4 is 11.9 Å². The molecule has 0 spiro atoms. The highest BCUT2D eigenvalue weighted by atomic mass is 16.5. The van der Waals surface area contributed by atoms with Crippen molar-refractivity contribution in [1.82, 2.24) is 5.32 Å². The Labute approximate surface area is 172 Å². The van der Waals surface area contributed by atoms with E-state index >= 15 is 0 Å². The number of hydrogen-bond donors (Lipinski definition) is 2. The predicted octanol–water partition coefficient (Wildman–Crippen LogP) is 3.65. The molecule has 2 atom stereocenters. The van der Waals surface area contributed by atoms with E-state index in [1.807, 2.05) is 48.5 Å². The molecule has 5 nitrogen and oxygen atoms in total. The third-order valence-electron chi connectivity index (χ3n) is 5.70. The van der Waals surface area contributed by atoms with Gasteiger partial charge in [0.1, 0.15) is 0 Å². The molecule has 1 fully saturated rings. The third-order valence-corrected chi connectivity index (χ3v) is 5.70. The van der Waals surface area contributed by atoms with Crippen LogP contribution in [0.2, 0.25) is 0 Å². The highest BCUT2D eigenvalue weighted by Crippen LogP contribution is 2.26. The number of carbonyl (C=O) groups is 2. The second kappa shape index (κ2) is 10.8. The first-order chi connectivity index (χ1) is 14.1. The number of benzene rings is 2. The van der Waals surface area contributed by atoms with Gasteiger partial charge >= 0.3 is 5.97 Å². The lowest BCUT2D eigenvalue weighted by Crippen LogP contribution is -2.39. The van der Waals surface area contributed by atoms with E-state index in [0.29, 0.717) is 19.6 Å². The Hall–Kier alpha value is -2.66. The molecule has 2 aromatic carbocycles. The van der Waals surface area contributed by atoms with E-state index in [1.54, 1.807) is 0 Å². The molecule has 2 N–H and O–H groups in total. The van der Waals surface area contributed by atoms with Gasteiger partial charge in [-0.2, -0.15) is 0 Å². The first-order valence-corrected chi connectivity index (χ1v) is 10.3. The molecule has 2 unspecified atom stereocenters. The molecule has 0 bridgehead atoms.